The molecule has 4 nitrogen and oxygen atoms in total. The highest BCUT2D eigenvalue weighted by Gasteiger charge is 2.36. The molecule has 1 atom stereocenters. The number of nitrogens with zero attached hydrogens (tertiary/aromatic N) is 1. The Morgan fingerprint density at radius 1 is 1.47 bits per heavy atom. The minimum atomic E-state index is 0.0329. The highest BCUT2D eigenvalue weighted by atomic mass is 16.3. The number of carbonyl (C=O) groups is 1. The maximum absolute atomic E-state index is 12.4. The maximum atomic E-state index is 12.4. The Kier molecular flexibility index (Phi) is 2.89. The lowest BCUT2D eigenvalue weighted by Gasteiger charge is -2.24. The molecule has 1 saturated carbocycles. The Labute approximate surface area is 101 Å². The van der Waals surface area contributed by atoms with Gasteiger partial charge >= 0.3 is 0 Å². The fourth-order valence-corrected chi connectivity index (χ4v) is 2.44. The van der Waals surface area contributed by atoms with E-state index in [1.54, 1.807) is 6.26 Å². The summed E-state index contributed by atoms with van der Waals surface area (Å²) >= 11 is 0. The van der Waals surface area contributed by atoms with Gasteiger partial charge < -0.3 is 14.6 Å². The monoisotopic (exact) mass is 234 g/mol. The maximum Gasteiger partial charge on any atom is 0.240 e. The van der Waals surface area contributed by atoms with E-state index >= 15 is 0 Å². The molecule has 0 aromatic carbocycles. The summed E-state index contributed by atoms with van der Waals surface area (Å²) in [6, 6.07) is 4.28. The van der Waals surface area contributed by atoms with Gasteiger partial charge in [-0.1, -0.05) is 0 Å². The summed E-state index contributed by atoms with van der Waals surface area (Å²) in [5.41, 5.74) is 0. The van der Waals surface area contributed by atoms with Gasteiger partial charge in [-0.2, -0.15) is 0 Å². The van der Waals surface area contributed by atoms with Crippen LogP contribution in [-0.4, -0.2) is 29.4 Å². The predicted molar refractivity (Wildman–Crippen MR) is 63.3 cm³/mol. The Bertz CT molecular complexity index is 378. The van der Waals surface area contributed by atoms with Crippen LogP contribution in [0, 0.1) is 0 Å². The number of rotatable bonds is 4. The molecule has 4 heteroatoms. The van der Waals surface area contributed by atoms with Crippen LogP contribution in [0.2, 0.25) is 0 Å². The second kappa shape index (κ2) is 4.53. The highest BCUT2D eigenvalue weighted by Crippen LogP contribution is 2.29. The first-order valence-electron chi connectivity index (χ1n) is 6.41. The van der Waals surface area contributed by atoms with Gasteiger partial charge in [0.1, 0.15) is 5.76 Å². The summed E-state index contributed by atoms with van der Waals surface area (Å²) in [6.45, 7) is 1.59. The van der Waals surface area contributed by atoms with Crippen molar-refractivity contribution < 1.29 is 9.21 Å². The van der Waals surface area contributed by atoms with Crippen molar-refractivity contribution in [2.75, 3.05) is 6.54 Å². The molecule has 1 saturated heterocycles. The summed E-state index contributed by atoms with van der Waals surface area (Å²) in [5.74, 6) is 1.13. The Morgan fingerprint density at radius 2 is 2.35 bits per heavy atom. The molecule has 2 fully saturated rings. The lowest BCUT2D eigenvalue weighted by Crippen LogP contribution is -2.44. The fraction of sp³-hybridized carbons (Fsp3) is 0.615. The molecule has 0 unspecified atom stereocenters. The Hall–Kier alpha value is -1.29. The van der Waals surface area contributed by atoms with E-state index in [-0.39, 0.29) is 11.9 Å². The molecule has 2 heterocycles. The summed E-state index contributed by atoms with van der Waals surface area (Å²) in [4.78, 5) is 14.4. The van der Waals surface area contributed by atoms with E-state index in [2.05, 4.69) is 5.32 Å². The van der Waals surface area contributed by atoms with Crippen molar-refractivity contribution in [2.45, 2.75) is 44.3 Å². The Balaban J connectivity index is 1.68. The van der Waals surface area contributed by atoms with Crippen LogP contribution in [0.4, 0.5) is 0 Å². The van der Waals surface area contributed by atoms with Gasteiger partial charge in [0.2, 0.25) is 5.91 Å². The van der Waals surface area contributed by atoms with Crippen LogP contribution < -0.4 is 5.32 Å². The van der Waals surface area contributed by atoms with Crippen LogP contribution in [0.25, 0.3) is 0 Å². The molecule has 0 spiro atoms. The number of amides is 1. The molecule has 1 aliphatic heterocycles. The lowest BCUT2D eigenvalue weighted by molar-refractivity contribution is -0.134. The smallest absolute Gasteiger partial charge is 0.240 e. The molecular weight excluding hydrogens is 216 g/mol. The second-order valence-corrected chi connectivity index (χ2v) is 4.93. The van der Waals surface area contributed by atoms with Crippen molar-refractivity contribution in [1.29, 1.82) is 0 Å². The first-order chi connectivity index (χ1) is 8.34. The third-order valence-electron chi connectivity index (χ3n) is 3.54. The van der Waals surface area contributed by atoms with E-state index in [1.807, 2.05) is 17.0 Å². The van der Waals surface area contributed by atoms with Crippen LogP contribution >= 0.6 is 0 Å². The molecule has 0 bridgehead atoms. The molecule has 1 aromatic rings. The van der Waals surface area contributed by atoms with E-state index in [4.69, 9.17) is 4.42 Å². The lowest BCUT2D eigenvalue weighted by atomic mass is 10.2. The Morgan fingerprint density at radius 3 is 2.94 bits per heavy atom. The van der Waals surface area contributed by atoms with Crippen molar-refractivity contribution in [1.82, 2.24) is 10.2 Å². The highest BCUT2D eigenvalue weighted by molar-refractivity contribution is 5.82. The van der Waals surface area contributed by atoms with Gasteiger partial charge in [-0.05, 0) is 44.4 Å². The van der Waals surface area contributed by atoms with Gasteiger partial charge in [0, 0.05) is 6.04 Å². The molecule has 1 amide bonds. The third kappa shape index (κ3) is 2.36. The van der Waals surface area contributed by atoms with Gasteiger partial charge in [-0.15, -0.1) is 0 Å². The normalized spacial score (nSPS) is 23.9. The zero-order valence-electron chi connectivity index (χ0n) is 9.89. The predicted octanol–water partition coefficient (Wildman–Crippen LogP) is 1.52. The largest absolute Gasteiger partial charge is 0.467 e. The number of hydrogen-bond acceptors (Lipinski definition) is 3. The van der Waals surface area contributed by atoms with Crippen molar-refractivity contribution >= 4 is 5.91 Å². The molecule has 1 aromatic heterocycles. The van der Waals surface area contributed by atoms with Crippen LogP contribution in [0.15, 0.2) is 22.8 Å². The SMILES string of the molecule is O=C([C@H]1CCCN1)N(Cc1ccco1)C1CC1. The minimum absolute atomic E-state index is 0.0329. The van der Waals surface area contributed by atoms with Crippen molar-refractivity contribution in [3.63, 3.8) is 0 Å². The number of nitrogens with one attached hydrogen (secondary N) is 1. The van der Waals surface area contributed by atoms with Crippen LogP contribution in [0.5, 0.6) is 0 Å². The molecule has 2 aliphatic rings. The molecule has 1 aliphatic carbocycles. The van der Waals surface area contributed by atoms with Crippen molar-refractivity contribution in [3.8, 4) is 0 Å². The molecule has 3 rings (SSSR count). The first-order valence-corrected chi connectivity index (χ1v) is 6.41. The van der Waals surface area contributed by atoms with Crippen LogP contribution in [0.3, 0.4) is 0 Å². The molecule has 0 radical (unpaired) electrons. The van der Waals surface area contributed by atoms with Gasteiger partial charge in [-0.3, -0.25) is 4.79 Å². The quantitative estimate of drug-likeness (QED) is 0.859. The summed E-state index contributed by atoms with van der Waals surface area (Å²) in [6.07, 6.45) is 6.02. The van der Waals surface area contributed by atoms with E-state index in [0.29, 0.717) is 12.6 Å². The van der Waals surface area contributed by atoms with Gasteiger partial charge in [0.05, 0.1) is 18.8 Å². The van der Waals surface area contributed by atoms with Crippen LogP contribution in [-0.2, 0) is 11.3 Å². The average molecular weight is 234 g/mol. The van der Waals surface area contributed by atoms with Gasteiger partial charge in [0.25, 0.3) is 0 Å². The van der Waals surface area contributed by atoms with Gasteiger partial charge in [0.15, 0.2) is 0 Å². The minimum Gasteiger partial charge on any atom is -0.467 e. The molecule has 17 heavy (non-hydrogen) atoms. The van der Waals surface area contributed by atoms with E-state index < -0.39 is 0 Å². The fourth-order valence-electron chi connectivity index (χ4n) is 2.44. The number of hydrogen-bond donors (Lipinski definition) is 1. The number of carbonyl (C=O) groups excluding carboxylic acids is 1. The summed E-state index contributed by atoms with van der Waals surface area (Å²) in [5, 5.41) is 3.28. The van der Waals surface area contributed by atoms with E-state index in [1.165, 1.54) is 0 Å². The topological polar surface area (TPSA) is 45.5 Å². The van der Waals surface area contributed by atoms with Crippen molar-refractivity contribution in [3.05, 3.63) is 24.2 Å². The zero-order valence-corrected chi connectivity index (χ0v) is 9.89. The standard InChI is InChI=1S/C13H18N2O2/c16-13(12-4-1-7-14-12)15(10-5-6-10)9-11-3-2-8-17-11/h2-3,8,10,12,14H,1,4-7,9H2/t12-/m1/s1. The summed E-state index contributed by atoms with van der Waals surface area (Å²) < 4.78 is 5.34. The van der Waals surface area contributed by atoms with Gasteiger partial charge in [-0.25, -0.2) is 0 Å². The van der Waals surface area contributed by atoms with Crippen LogP contribution in [0.1, 0.15) is 31.4 Å². The molecule has 1 N–H and O–H groups in total. The third-order valence-corrected chi connectivity index (χ3v) is 3.54. The molecular formula is C13H18N2O2. The van der Waals surface area contributed by atoms with E-state index in [0.717, 1.165) is 38.0 Å². The number of furan rings is 1. The van der Waals surface area contributed by atoms with E-state index in [9.17, 15) is 4.79 Å². The second-order valence-electron chi connectivity index (χ2n) is 4.93. The average Bonchev–Trinajstić information content (AvgIpc) is 2.86. The first kappa shape index (κ1) is 10.8. The zero-order chi connectivity index (χ0) is 11.7. The molecule has 92 valence electrons. The van der Waals surface area contributed by atoms with Crippen molar-refractivity contribution in [2.24, 2.45) is 0 Å². The summed E-state index contributed by atoms with van der Waals surface area (Å²) in [7, 11) is 0.